The number of aryl methyl sites for hydroxylation is 1. The van der Waals surface area contributed by atoms with Crippen LogP contribution in [0, 0.1) is 6.92 Å². The summed E-state index contributed by atoms with van der Waals surface area (Å²) in [4.78, 5) is 31.5. The van der Waals surface area contributed by atoms with Gasteiger partial charge in [0.25, 0.3) is 5.56 Å². The number of fused-ring (bicyclic) bond motifs is 1. The quantitative estimate of drug-likeness (QED) is 0.761. The number of benzene rings is 1. The van der Waals surface area contributed by atoms with Crippen molar-refractivity contribution in [3.05, 3.63) is 40.3 Å². The summed E-state index contributed by atoms with van der Waals surface area (Å²) in [5.41, 5.74) is 1.63. The summed E-state index contributed by atoms with van der Waals surface area (Å²) in [6.07, 6.45) is 7.53. The Balaban J connectivity index is 1.52. The predicted octanol–water partition coefficient (Wildman–Crippen LogP) is 2.48. The van der Waals surface area contributed by atoms with E-state index in [-0.39, 0.29) is 18.0 Å². The van der Waals surface area contributed by atoms with Gasteiger partial charge in [0.1, 0.15) is 12.2 Å². The number of aromatic nitrogens is 2. The van der Waals surface area contributed by atoms with E-state index in [4.69, 9.17) is 0 Å². The summed E-state index contributed by atoms with van der Waals surface area (Å²) in [6.45, 7) is 3.33. The molecule has 0 atom stereocenters. The molecule has 6 heteroatoms. The normalized spacial score (nSPS) is 15.4. The molecule has 1 aromatic carbocycles. The molecule has 146 valence electrons. The Kier molecular flexibility index (Phi) is 6.61. The first-order valence-electron chi connectivity index (χ1n) is 9.99. The third-order valence-electron chi connectivity index (χ3n) is 5.52. The zero-order valence-corrected chi connectivity index (χ0v) is 16.4. The maximum Gasteiger partial charge on any atom is 0.272 e. The van der Waals surface area contributed by atoms with E-state index in [0.717, 1.165) is 18.5 Å². The van der Waals surface area contributed by atoms with Gasteiger partial charge in [-0.05, 0) is 51.9 Å². The first-order chi connectivity index (χ1) is 13.1. The number of hydrogen-bond donors (Lipinski definition) is 1. The molecule has 1 N–H and O–H groups in total. The maximum atomic E-state index is 12.4. The predicted molar refractivity (Wildman–Crippen MR) is 108 cm³/mol. The Bertz CT molecular complexity index is 840. The molecule has 27 heavy (non-hydrogen) atoms. The lowest BCUT2D eigenvalue weighted by atomic mass is 9.94. The van der Waals surface area contributed by atoms with Crippen molar-refractivity contribution in [2.45, 2.75) is 58.0 Å². The van der Waals surface area contributed by atoms with Crippen LogP contribution in [0.3, 0.4) is 0 Å². The Morgan fingerprint density at radius 1 is 1.26 bits per heavy atom. The van der Waals surface area contributed by atoms with Crippen molar-refractivity contribution < 1.29 is 4.79 Å². The summed E-state index contributed by atoms with van der Waals surface area (Å²) in [7, 11) is 2.18. The minimum Gasteiger partial charge on any atom is -0.355 e. The number of nitrogens with one attached hydrogen (secondary N) is 1. The average Bonchev–Trinajstić information content (AvgIpc) is 2.69. The number of hydrogen-bond acceptors (Lipinski definition) is 4. The van der Waals surface area contributed by atoms with Crippen molar-refractivity contribution in [2.24, 2.45) is 0 Å². The molecule has 1 saturated carbocycles. The van der Waals surface area contributed by atoms with E-state index >= 15 is 0 Å². The molecule has 2 aromatic rings. The lowest BCUT2D eigenvalue weighted by Crippen LogP contribution is -2.37. The molecule has 1 amide bonds. The van der Waals surface area contributed by atoms with E-state index < -0.39 is 0 Å². The van der Waals surface area contributed by atoms with E-state index in [0.29, 0.717) is 23.8 Å². The van der Waals surface area contributed by atoms with Gasteiger partial charge in [-0.2, -0.15) is 0 Å². The first-order valence-corrected chi connectivity index (χ1v) is 9.99. The zero-order chi connectivity index (χ0) is 19.2. The van der Waals surface area contributed by atoms with Crippen LogP contribution in [0.4, 0.5) is 0 Å². The summed E-state index contributed by atoms with van der Waals surface area (Å²) < 4.78 is 1.52. The van der Waals surface area contributed by atoms with Crippen LogP contribution in [0.1, 0.15) is 44.2 Å². The number of carbonyl (C=O) groups is 1. The van der Waals surface area contributed by atoms with Gasteiger partial charge in [0, 0.05) is 12.6 Å². The fourth-order valence-electron chi connectivity index (χ4n) is 3.94. The van der Waals surface area contributed by atoms with E-state index in [2.05, 4.69) is 22.2 Å². The highest BCUT2D eigenvalue weighted by molar-refractivity contribution is 5.80. The monoisotopic (exact) mass is 370 g/mol. The SMILES string of the molecule is Cc1nc2ccccc2n(CC(=O)NCCCN(C)C2CCCCC2)c1=O. The van der Waals surface area contributed by atoms with Gasteiger partial charge in [0.05, 0.1) is 11.0 Å². The van der Waals surface area contributed by atoms with Gasteiger partial charge in [0.2, 0.25) is 5.91 Å². The van der Waals surface area contributed by atoms with Crippen LogP contribution in [0.2, 0.25) is 0 Å². The molecule has 0 spiro atoms. The van der Waals surface area contributed by atoms with Crippen LogP contribution in [0.5, 0.6) is 0 Å². The van der Waals surface area contributed by atoms with Crippen LogP contribution in [-0.2, 0) is 11.3 Å². The highest BCUT2D eigenvalue weighted by Gasteiger charge is 2.17. The molecule has 1 aliphatic carbocycles. The maximum absolute atomic E-state index is 12.4. The Hall–Kier alpha value is -2.21. The molecule has 0 aliphatic heterocycles. The van der Waals surface area contributed by atoms with Gasteiger partial charge < -0.3 is 10.2 Å². The summed E-state index contributed by atoms with van der Waals surface area (Å²) in [5.74, 6) is -0.131. The molecule has 1 heterocycles. The topological polar surface area (TPSA) is 67.2 Å². The smallest absolute Gasteiger partial charge is 0.272 e. The third kappa shape index (κ3) is 4.95. The Labute approximate surface area is 160 Å². The summed E-state index contributed by atoms with van der Waals surface area (Å²) in [6, 6.07) is 8.12. The number of nitrogens with zero attached hydrogens (tertiary/aromatic N) is 3. The van der Waals surface area contributed by atoms with Gasteiger partial charge in [-0.3, -0.25) is 14.2 Å². The fraction of sp³-hybridized carbons (Fsp3) is 0.571. The van der Waals surface area contributed by atoms with Crippen LogP contribution in [0.15, 0.2) is 29.1 Å². The largest absolute Gasteiger partial charge is 0.355 e. The van der Waals surface area contributed by atoms with Gasteiger partial charge in [0.15, 0.2) is 0 Å². The molecule has 0 saturated heterocycles. The standard InChI is InChI=1S/C21H30N4O2/c1-16-21(27)25(19-12-7-6-11-18(19)23-16)15-20(26)22-13-8-14-24(2)17-9-4-3-5-10-17/h6-7,11-12,17H,3-5,8-10,13-15H2,1-2H3,(H,22,26). The van der Waals surface area contributed by atoms with Crippen LogP contribution in [0.25, 0.3) is 11.0 Å². The molecule has 0 radical (unpaired) electrons. The summed E-state index contributed by atoms with van der Waals surface area (Å²) in [5, 5.41) is 2.96. The van der Waals surface area contributed by atoms with E-state index in [1.54, 1.807) is 6.92 Å². The second-order valence-electron chi connectivity index (χ2n) is 7.55. The molecular weight excluding hydrogens is 340 g/mol. The van der Waals surface area contributed by atoms with Gasteiger partial charge in [-0.1, -0.05) is 31.4 Å². The van der Waals surface area contributed by atoms with E-state index in [9.17, 15) is 9.59 Å². The molecule has 3 rings (SSSR count). The number of carbonyl (C=O) groups excluding carboxylic acids is 1. The third-order valence-corrected chi connectivity index (χ3v) is 5.52. The van der Waals surface area contributed by atoms with Crippen molar-refractivity contribution in [3.63, 3.8) is 0 Å². The van der Waals surface area contributed by atoms with Crippen molar-refractivity contribution in [1.82, 2.24) is 19.8 Å². The van der Waals surface area contributed by atoms with Crippen molar-refractivity contribution in [3.8, 4) is 0 Å². The van der Waals surface area contributed by atoms with Gasteiger partial charge in [-0.15, -0.1) is 0 Å². The zero-order valence-electron chi connectivity index (χ0n) is 16.4. The molecule has 1 aromatic heterocycles. The van der Waals surface area contributed by atoms with Crippen molar-refractivity contribution in [2.75, 3.05) is 20.1 Å². The lowest BCUT2D eigenvalue weighted by Gasteiger charge is -2.31. The first kappa shape index (κ1) is 19.5. The van der Waals surface area contributed by atoms with E-state index in [1.165, 1.54) is 36.7 Å². The minimum absolute atomic E-state index is 0.0289. The van der Waals surface area contributed by atoms with E-state index in [1.807, 2.05) is 24.3 Å². The highest BCUT2D eigenvalue weighted by Crippen LogP contribution is 2.21. The molecule has 1 aliphatic rings. The van der Waals surface area contributed by atoms with Crippen molar-refractivity contribution in [1.29, 1.82) is 0 Å². The van der Waals surface area contributed by atoms with Crippen LogP contribution < -0.4 is 10.9 Å². The van der Waals surface area contributed by atoms with Crippen molar-refractivity contribution >= 4 is 16.9 Å². The fourth-order valence-corrected chi connectivity index (χ4v) is 3.94. The highest BCUT2D eigenvalue weighted by atomic mass is 16.2. The van der Waals surface area contributed by atoms with Gasteiger partial charge in [-0.25, -0.2) is 4.98 Å². The average molecular weight is 370 g/mol. The van der Waals surface area contributed by atoms with Gasteiger partial charge >= 0.3 is 0 Å². The second kappa shape index (κ2) is 9.13. The number of rotatable bonds is 7. The molecule has 0 unspecified atom stereocenters. The minimum atomic E-state index is -0.208. The molecule has 6 nitrogen and oxygen atoms in total. The molecule has 1 fully saturated rings. The lowest BCUT2D eigenvalue weighted by molar-refractivity contribution is -0.121. The number of para-hydroxylation sites is 2. The van der Waals surface area contributed by atoms with Crippen LogP contribution >= 0.6 is 0 Å². The molecular formula is C21H30N4O2. The Morgan fingerprint density at radius 3 is 2.78 bits per heavy atom. The summed E-state index contributed by atoms with van der Waals surface area (Å²) >= 11 is 0. The molecule has 0 bridgehead atoms. The second-order valence-corrected chi connectivity index (χ2v) is 7.55. The number of amides is 1. The Morgan fingerprint density at radius 2 is 2.00 bits per heavy atom. The van der Waals surface area contributed by atoms with Crippen LogP contribution in [-0.4, -0.2) is 46.5 Å².